The zero-order valence-corrected chi connectivity index (χ0v) is 11.2. The first kappa shape index (κ1) is 14.1. The lowest BCUT2D eigenvalue weighted by Crippen LogP contribution is -2.37. The smallest absolute Gasteiger partial charge is 0.124 e. The molecule has 0 amide bonds. The van der Waals surface area contributed by atoms with Gasteiger partial charge < -0.3 is 31.9 Å². The summed E-state index contributed by atoms with van der Waals surface area (Å²) in [5.41, 5.74) is 19.2. The fourth-order valence-electron chi connectivity index (χ4n) is 2.10. The summed E-state index contributed by atoms with van der Waals surface area (Å²) < 4.78 is 5.30. The van der Waals surface area contributed by atoms with Gasteiger partial charge in [-0.2, -0.15) is 0 Å². The Bertz CT molecular complexity index is 530. The molecule has 1 heterocycles. The van der Waals surface area contributed by atoms with Crippen LogP contribution in [0.4, 0.5) is 0 Å². The molecule has 6 nitrogen and oxygen atoms in total. The van der Waals surface area contributed by atoms with E-state index >= 15 is 0 Å². The van der Waals surface area contributed by atoms with Gasteiger partial charge in [-0.25, -0.2) is 0 Å². The van der Waals surface area contributed by atoms with Crippen LogP contribution in [0.5, 0.6) is 5.75 Å². The van der Waals surface area contributed by atoms with Gasteiger partial charge in [0, 0.05) is 24.4 Å². The normalized spacial score (nSPS) is 16.0. The average Bonchev–Trinajstić information content (AvgIpc) is 2.45. The van der Waals surface area contributed by atoms with Crippen LogP contribution in [0.1, 0.15) is 5.56 Å². The predicted octanol–water partition coefficient (Wildman–Crippen LogP) is 0.111. The van der Waals surface area contributed by atoms with E-state index in [0.717, 1.165) is 0 Å². The van der Waals surface area contributed by atoms with Crippen LogP contribution in [0.2, 0.25) is 0 Å². The highest BCUT2D eigenvalue weighted by Crippen LogP contribution is 2.23. The highest BCUT2D eigenvalue weighted by Gasteiger charge is 2.15. The Morgan fingerprint density at radius 1 is 1.15 bits per heavy atom. The molecule has 0 atom stereocenters. The van der Waals surface area contributed by atoms with E-state index in [-0.39, 0.29) is 11.6 Å². The maximum atomic E-state index is 9.81. The van der Waals surface area contributed by atoms with E-state index in [1.165, 1.54) is 0 Å². The molecule has 7 N–H and O–H groups in total. The minimum absolute atomic E-state index is 0.123. The van der Waals surface area contributed by atoms with Crippen molar-refractivity contribution in [3.63, 3.8) is 0 Å². The van der Waals surface area contributed by atoms with Crippen molar-refractivity contribution in [2.24, 2.45) is 17.2 Å². The third kappa shape index (κ3) is 3.16. The van der Waals surface area contributed by atoms with Gasteiger partial charge in [-0.05, 0) is 18.2 Å². The number of phenols is 1. The van der Waals surface area contributed by atoms with E-state index in [2.05, 4.69) is 0 Å². The molecule has 0 aromatic heterocycles. The molecular weight excluding hydrogens is 256 g/mol. The predicted molar refractivity (Wildman–Crippen MR) is 78.1 cm³/mol. The van der Waals surface area contributed by atoms with Crippen molar-refractivity contribution in [3.8, 4) is 5.75 Å². The Hall–Kier alpha value is -2.34. The van der Waals surface area contributed by atoms with Crippen LogP contribution in [0.3, 0.4) is 0 Å². The SMILES string of the molecule is NC(N)=C(/C=C(\N)c1ccccc1O)N1CCOCC1. The van der Waals surface area contributed by atoms with Crippen LogP contribution in [0.15, 0.2) is 41.9 Å². The van der Waals surface area contributed by atoms with Crippen molar-refractivity contribution in [1.82, 2.24) is 4.90 Å². The van der Waals surface area contributed by atoms with Crippen molar-refractivity contribution in [3.05, 3.63) is 47.4 Å². The summed E-state index contributed by atoms with van der Waals surface area (Å²) in [5, 5.41) is 9.81. The lowest BCUT2D eigenvalue weighted by Gasteiger charge is -2.30. The van der Waals surface area contributed by atoms with Crippen molar-refractivity contribution in [1.29, 1.82) is 0 Å². The highest BCUT2D eigenvalue weighted by molar-refractivity contribution is 5.69. The molecule has 1 aliphatic heterocycles. The van der Waals surface area contributed by atoms with Crippen LogP contribution in [-0.2, 0) is 4.74 Å². The summed E-state index contributed by atoms with van der Waals surface area (Å²) in [5.74, 6) is 0.323. The minimum atomic E-state index is 0.123. The van der Waals surface area contributed by atoms with Crippen molar-refractivity contribution in [2.75, 3.05) is 26.3 Å². The molecule has 0 radical (unpaired) electrons. The first-order valence-electron chi connectivity index (χ1n) is 6.43. The summed E-state index contributed by atoms with van der Waals surface area (Å²) in [6.07, 6.45) is 1.69. The van der Waals surface area contributed by atoms with E-state index in [4.69, 9.17) is 21.9 Å². The van der Waals surface area contributed by atoms with E-state index < -0.39 is 0 Å². The Labute approximate surface area is 118 Å². The zero-order valence-electron chi connectivity index (χ0n) is 11.2. The molecule has 1 fully saturated rings. The summed E-state index contributed by atoms with van der Waals surface area (Å²) in [4.78, 5) is 2.02. The molecule has 0 spiro atoms. The van der Waals surface area contributed by atoms with E-state index in [1.54, 1.807) is 30.3 Å². The number of aromatic hydroxyl groups is 1. The standard InChI is InChI=1S/C14H20N4O2/c15-11(10-3-1-2-4-13(10)19)9-12(14(16)17)18-5-7-20-8-6-18/h1-4,9,19H,5-8,15-17H2/b11-9-. The topological polar surface area (TPSA) is 111 Å². The number of hydrogen-bond donors (Lipinski definition) is 4. The summed E-state index contributed by atoms with van der Waals surface area (Å²) >= 11 is 0. The molecule has 6 heteroatoms. The fraction of sp³-hybridized carbons (Fsp3) is 0.286. The van der Waals surface area contributed by atoms with Crippen LogP contribution in [0.25, 0.3) is 5.70 Å². The van der Waals surface area contributed by atoms with Crippen LogP contribution in [0, 0.1) is 0 Å². The monoisotopic (exact) mass is 276 g/mol. The van der Waals surface area contributed by atoms with E-state index in [9.17, 15) is 5.11 Å². The number of nitrogens with zero attached hydrogens (tertiary/aromatic N) is 1. The van der Waals surface area contributed by atoms with Crippen molar-refractivity contribution < 1.29 is 9.84 Å². The van der Waals surface area contributed by atoms with E-state index in [1.807, 2.05) is 4.90 Å². The second-order valence-electron chi connectivity index (χ2n) is 4.56. The van der Waals surface area contributed by atoms with Gasteiger partial charge in [0.2, 0.25) is 0 Å². The van der Waals surface area contributed by atoms with Gasteiger partial charge in [-0.3, -0.25) is 0 Å². The van der Waals surface area contributed by atoms with Gasteiger partial charge in [0.15, 0.2) is 0 Å². The largest absolute Gasteiger partial charge is 0.507 e. The average molecular weight is 276 g/mol. The number of hydrogen-bond acceptors (Lipinski definition) is 6. The molecule has 0 unspecified atom stereocenters. The molecule has 0 aliphatic carbocycles. The molecule has 1 aromatic rings. The number of para-hydroxylation sites is 1. The highest BCUT2D eigenvalue weighted by atomic mass is 16.5. The van der Waals surface area contributed by atoms with Gasteiger partial charge in [0.1, 0.15) is 11.6 Å². The third-order valence-electron chi connectivity index (χ3n) is 3.15. The molecular formula is C14H20N4O2. The van der Waals surface area contributed by atoms with Crippen LogP contribution >= 0.6 is 0 Å². The van der Waals surface area contributed by atoms with Crippen molar-refractivity contribution in [2.45, 2.75) is 0 Å². The maximum Gasteiger partial charge on any atom is 0.124 e. The fourth-order valence-corrected chi connectivity index (χ4v) is 2.10. The lowest BCUT2D eigenvalue weighted by atomic mass is 10.1. The second kappa shape index (κ2) is 6.21. The van der Waals surface area contributed by atoms with Gasteiger partial charge in [0.25, 0.3) is 0 Å². The third-order valence-corrected chi connectivity index (χ3v) is 3.15. The molecule has 1 saturated heterocycles. The number of nitrogens with two attached hydrogens (primary N) is 3. The number of phenolic OH excluding ortho intramolecular Hbond substituents is 1. The Morgan fingerprint density at radius 2 is 1.80 bits per heavy atom. The Balaban J connectivity index is 2.30. The molecule has 1 aliphatic rings. The zero-order chi connectivity index (χ0) is 14.5. The quantitative estimate of drug-likeness (QED) is 0.583. The number of benzene rings is 1. The van der Waals surface area contributed by atoms with Gasteiger partial charge in [-0.15, -0.1) is 0 Å². The van der Waals surface area contributed by atoms with E-state index in [0.29, 0.717) is 43.3 Å². The summed E-state index contributed by atoms with van der Waals surface area (Å²) in [6.45, 7) is 2.66. The maximum absolute atomic E-state index is 9.81. The molecule has 108 valence electrons. The molecule has 0 saturated carbocycles. The first-order valence-corrected chi connectivity index (χ1v) is 6.43. The van der Waals surface area contributed by atoms with Crippen LogP contribution in [-0.4, -0.2) is 36.3 Å². The number of allylic oxidation sites excluding steroid dienone is 1. The summed E-state index contributed by atoms with van der Waals surface area (Å²) in [6, 6.07) is 6.87. The molecule has 0 bridgehead atoms. The van der Waals surface area contributed by atoms with Crippen LogP contribution < -0.4 is 17.2 Å². The van der Waals surface area contributed by atoms with Gasteiger partial charge in [0.05, 0.1) is 18.9 Å². The lowest BCUT2D eigenvalue weighted by molar-refractivity contribution is 0.0549. The second-order valence-corrected chi connectivity index (χ2v) is 4.56. The molecule has 1 aromatic carbocycles. The molecule has 2 rings (SSSR count). The number of ether oxygens (including phenoxy) is 1. The number of morpholine rings is 1. The van der Waals surface area contributed by atoms with Gasteiger partial charge in [-0.1, -0.05) is 12.1 Å². The molecule has 20 heavy (non-hydrogen) atoms. The van der Waals surface area contributed by atoms with Gasteiger partial charge >= 0.3 is 0 Å². The summed E-state index contributed by atoms with van der Waals surface area (Å²) in [7, 11) is 0. The first-order chi connectivity index (χ1) is 9.59. The Morgan fingerprint density at radius 3 is 2.40 bits per heavy atom. The minimum Gasteiger partial charge on any atom is -0.507 e. The Kier molecular flexibility index (Phi) is 4.37. The van der Waals surface area contributed by atoms with Crippen molar-refractivity contribution >= 4 is 5.70 Å². The number of rotatable bonds is 3.